The molecule has 0 fully saturated rings. The molecule has 2 N–H and O–H groups in total. The summed E-state index contributed by atoms with van der Waals surface area (Å²) in [6.45, 7) is 3.00. The molecule has 2 amide bonds. The number of anilines is 1. The highest BCUT2D eigenvalue weighted by atomic mass is 35.5. The molecular weight excluding hydrogens is 370 g/mol. The highest BCUT2D eigenvalue weighted by molar-refractivity contribution is 7.14. The average Bonchev–Trinajstić information content (AvgIpc) is 3.10. The van der Waals surface area contributed by atoms with Crippen molar-refractivity contribution in [1.82, 2.24) is 10.3 Å². The molecule has 0 bridgehead atoms. The summed E-state index contributed by atoms with van der Waals surface area (Å²) in [5.74, 6) is 0.825. The molecule has 0 atom stereocenters. The van der Waals surface area contributed by atoms with Crippen molar-refractivity contribution in [2.75, 3.05) is 11.9 Å². The summed E-state index contributed by atoms with van der Waals surface area (Å²) in [5, 5.41) is 8.67. The fourth-order valence-electron chi connectivity index (χ4n) is 2.28. The number of amides is 2. The van der Waals surface area contributed by atoms with Gasteiger partial charge in [-0.15, -0.1) is 11.3 Å². The number of aromatic nitrogens is 1. The van der Waals surface area contributed by atoms with E-state index in [0.717, 1.165) is 22.6 Å². The van der Waals surface area contributed by atoms with Gasteiger partial charge in [-0.25, -0.2) is 9.78 Å². The Morgan fingerprint density at radius 1 is 1.15 bits per heavy atom. The van der Waals surface area contributed by atoms with E-state index in [9.17, 15) is 4.79 Å². The first-order valence-corrected chi connectivity index (χ1v) is 9.38. The highest BCUT2D eigenvalue weighted by Gasteiger charge is 2.08. The fourth-order valence-corrected chi connectivity index (χ4v) is 3.12. The molecule has 0 spiro atoms. The maximum absolute atomic E-state index is 12.0. The quantitative estimate of drug-likeness (QED) is 0.612. The summed E-state index contributed by atoms with van der Waals surface area (Å²) in [5.41, 5.74) is 2.75. The Morgan fingerprint density at radius 2 is 1.88 bits per heavy atom. The van der Waals surface area contributed by atoms with Gasteiger partial charge in [0.2, 0.25) is 0 Å². The van der Waals surface area contributed by atoms with Gasteiger partial charge in [0.25, 0.3) is 0 Å². The number of carbonyl (C=O) groups is 1. The molecule has 0 saturated heterocycles. The summed E-state index contributed by atoms with van der Waals surface area (Å²) in [6.07, 6.45) is 0. The van der Waals surface area contributed by atoms with Gasteiger partial charge in [0.1, 0.15) is 5.75 Å². The van der Waals surface area contributed by atoms with Crippen LogP contribution >= 0.6 is 22.9 Å². The second-order valence-corrected chi connectivity index (χ2v) is 6.72. The number of halogens is 1. The van der Waals surface area contributed by atoms with Crippen LogP contribution in [-0.2, 0) is 6.54 Å². The zero-order valence-corrected chi connectivity index (χ0v) is 15.7. The van der Waals surface area contributed by atoms with E-state index in [0.29, 0.717) is 23.3 Å². The average molecular weight is 388 g/mol. The van der Waals surface area contributed by atoms with Crippen LogP contribution < -0.4 is 15.4 Å². The second kappa shape index (κ2) is 8.69. The first kappa shape index (κ1) is 18.2. The molecule has 0 unspecified atom stereocenters. The van der Waals surface area contributed by atoms with Crippen LogP contribution in [0.25, 0.3) is 11.3 Å². The van der Waals surface area contributed by atoms with Gasteiger partial charge in [0, 0.05) is 22.5 Å². The lowest BCUT2D eigenvalue weighted by atomic mass is 10.2. The number of ether oxygens (including phenoxy) is 1. The highest BCUT2D eigenvalue weighted by Crippen LogP contribution is 2.26. The molecule has 1 aromatic heterocycles. The minimum Gasteiger partial charge on any atom is -0.494 e. The number of hydrogen-bond acceptors (Lipinski definition) is 4. The van der Waals surface area contributed by atoms with Crippen molar-refractivity contribution >= 4 is 34.1 Å². The molecule has 3 aromatic rings. The van der Waals surface area contributed by atoms with E-state index in [1.165, 1.54) is 11.3 Å². The fraction of sp³-hybridized carbons (Fsp3) is 0.158. The molecule has 5 nitrogen and oxygen atoms in total. The molecule has 0 radical (unpaired) electrons. The Bertz CT molecular complexity index is 863. The van der Waals surface area contributed by atoms with E-state index < -0.39 is 0 Å². The van der Waals surface area contributed by atoms with Crippen molar-refractivity contribution in [2.24, 2.45) is 0 Å². The Kier molecular flexibility index (Phi) is 6.09. The number of nitrogens with zero attached hydrogens (tertiary/aromatic N) is 1. The van der Waals surface area contributed by atoms with E-state index in [1.807, 2.05) is 48.7 Å². The number of urea groups is 1. The Balaban J connectivity index is 1.55. The third-order valence-electron chi connectivity index (χ3n) is 3.55. The van der Waals surface area contributed by atoms with Gasteiger partial charge in [0.15, 0.2) is 5.13 Å². The van der Waals surface area contributed by atoms with Crippen LogP contribution in [0.2, 0.25) is 5.02 Å². The molecule has 0 aliphatic carbocycles. The molecule has 2 aromatic carbocycles. The molecule has 3 rings (SSSR count). The number of benzene rings is 2. The number of thiazole rings is 1. The SMILES string of the molecule is CCOc1ccc(-c2csc(NC(=O)NCc3ccc(Cl)cc3)n2)cc1. The number of rotatable bonds is 6. The first-order valence-electron chi connectivity index (χ1n) is 8.12. The lowest BCUT2D eigenvalue weighted by Crippen LogP contribution is -2.28. The summed E-state index contributed by atoms with van der Waals surface area (Å²) in [6, 6.07) is 14.7. The van der Waals surface area contributed by atoms with Crippen molar-refractivity contribution < 1.29 is 9.53 Å². The van der Waals surface area contributed by atoms with Gasteiger partial charge in [0.05, 0.1) is 12.3 Å². The predicted molar refractivity (Wildman–Crippen MR) is 106 cm³/mol. The molecule has 26 heavy (non-hydrogen) atoms. The lowest BCUT2D eigenvalue weighted by molar-refractivity contribution is 0.251. The van der Waals surface area contributed by atoms with Gasteiger partial charge < -0.3 is 10.1 Å². The molecule has 0 aliphatic heterocycles. The third kappa shape index (κ3) is 4.97. The normalized spacial score (nSPS) is 10.4. The lowest BCUT2D eigenvalue weighted by Gasteiger charge is -2.05. The maximum atomic E-state index is 12.0. The monoisotopic (exact) mass is 387 g/mol. The predicted octanol–water partition coefficient (Wildman–Crippen LogP) is 5.18. The van der Waals surface area contributed by atoms with Crippen molar-refractivity contribution in [3.05, 3.63) is 64.5 Å². The zero-order valence-electron chi connectivity index (χ0n) is 14.2. The number of carbonyl (C=O) groups excluding carboxylic acids is 1. The van der Waals surface area contributed by atoms with Crippen molar-refractivity contribution in [2.45, 2.75) is 13.5 Å². The zero-order chi connectivity index (χ0) is 18.4. The molecular formula is C19H18ClN3O2S. The summed E-state index contributed by atoms with van der Waals surface area (Å²) >= 11 is 7.22. The van der Waals surface area contributed by atoms with Crippen LogP contribution in [0.5, 0.6) is 5.75 Å². The van der Waals surface area contributed by atoms with E-state index in [-0.39, 0.29) is 6.03 Å². The molecule has 0 aliphatic rings. The van der Waals surface area contributed by atoms with E-state index >= 15 is 0 Å². The molecule has 134 valence electrons. The minimum absolute atomic E-state index is 0.299. The Morgan fingerprint density at radius 3 is 2.58 bits per heavy atom. The van der Waals surface area contributed by atoms with Gasteiger partial charge >= 0.3 is 6.03 Å². The summed E-state index contributed by atoms with van der Waals surface area (Å²) in [7, 11) is 0. The van der Waals surface area contributed by atoms with Crippen molar-refractivity contribution in [3.63, 3.8) is 0 Å². The molecule has 0 saturated carbocycles. The van der Waals surface area contributed by atoms with Gasteiger partial charge in [-0.05, 0) is 48.9 Å². The summed E-state index contributed by atoms with van der Waals surface area (Å²) < 4.78 is 5.43. The van der Waals surface area contributed by atoms with Crippen molar-refractivity contribution in [1.29, 1.82) is 0 Å². The smallest absolute Gasteiger partial charge is 0.321 e. The van der Waals surface area contributed by atoms with Gasteiger partial charge in [-0.3, -0.25) is 5.32 Å². The number of hydrogen-bond donors (Lipinski definition) is 2. The standard InChI is InChI=1S/C19H18ClN3O2S/c1-2-25-16-9-5-14(6-10-16)17-12-26-19(22-17)23-18(24)21-11-13-3-7-15(20)8-4-13/h3-10,12H,2,11H2,1H3,(H2,21,22,23,24). The maximum Gasteiger partial charge on any atom is 0.321 e. The third-order valence-corrected chi connectivity index (χ3v) is 4.56. The first-order chi connectivity index (χ1) is 12.6. The van der Waals surface area contributed by atoms with E-state index in [2.05, 4.69) is 15.6 Å². The van der Waals surface area contributed by atoms with Gasteiger partial charge in [-0.1, -0.05) is 23.7 Å². The largest absolute Gasteiger partial charge is 0.494 e. The van der Waals surface area contributed by atoms with Crippen LogP contribution in [0.15, 0.2) is 53.9 Å². The van der Waals surface area contributed by atoms with Gasteiger partial charge in [-0.2, -0.15) is 0 Å². The van der Waals surface area contributed by atoms with Crippen LogP contribution in [0, 0.1) is 0 Å². The summed E-state index contributed by atoms with van der Waals surface area (Å²) in [4.78, 5) is 16.5. The Labute approximate surface area is 161 Å². The van der Waals surface area contributed by atoms with Crippen LogP contribution in [0.4, 0.5) is 9.93 Å². The number of nitrogens with one attached hydrogen (secondary N) is 2. The van der Waals surface area contributed by atoms with Crippen molar-refractivity contribution in [3.8, 4) is 17.0 Å². The Hall–Kier alpha value is -2.57. The van der Waals surface area contributed by atoms with Crippen LogP contribution in [-0.4, -0.2) is 17.6 Å². The van der Waals surface area contributed by atoms with Crippen LogP contribution in [0.1, 0.15) is 12.5 Å². The van der Waals surface area contributed by atoms with E-state index in [1.54, 1.807) is 12.1 Å². The van der Waals surface area contributed by atoms with E-state index in [4.69, 9.17) is 16.3 Å². The second-order valence-electron chi connectivity index (χ2n) is 5.43. The van der Waals surface area contributed by atoms with Crippen LogP contribution in [0.3, 0.4) is 0 Å². The topological polar surface area (TPSA) is 63.2 Å². The molecule has 7 heteroatoms. The minimum atomic E-state index is -0.299. The molecule has 1 heterocycles.